The van der Waals surface area contributed by atoms with Crippen LogP contribution in [0.3, 0.4) is 0 Å². The van der Waals surface area contributed by atoms with Crippen molar-refractivity contribution in [1.82, 2.24) is 19.8 Å². The van der Waals surface area contributed by atoms with E-state index in [0.717, 1.165) is 42.9 Å². The van der Waals surface area contributed by atoms with Gasteiger partial charge in [0.05, 0.1) is 13.7 Å². The molecule has 0 spiro atoms. The van der Waals surface area contributed by atoms with Gasteiger partial charge in [-0.05, 0) is 37.1 Å². The largest absolute Gasteiger partial charge is 0.497 e. The molecule has 0 atom stereocenters. The molecule has 2 aromatic rings. The standard InChI is InChI=1S/C21H33N5O2.HI/c1-6-22-21(24-15-20-23-11-12-26(20)16-17(2)3)25(4)13-14-28-19-9-7-18(27-5)8-10-19;/h7-12,17H,6,13-16H2,1-5H3,(H,22,24);1H. The van der Waals surface area contributed by atoms with E-state index in [4.69, 9.17) is 14.5 Å². The van der Waals surface area contributed by atoms with Crippen LogP contribution in [-0.2, 0) is 13.1 Å². The predicted molar refractivity (Wildman–Crippen MR) is 128 cm³/mol. The van der Waals surface area contributed by atoms with Crippen LogP contribution in [0.4, 0.5) is 0 Å². The summed E-state index contributed by atoms with van der Waals surface area (Å²) in [6.45, 7) is 10.1. The summed E-state index contributed by atoms with van der Waals surface area (Å²) in [6, 6.07) is 7.60. The maximum atomic E-state index is 5.82. The third-order valence-electron chi connectivity index (χ3n) is 4.19. The lowest BCUT2D eigenvalue weighted by molar-refractivity contribution is 0.281. The minimum atomic E-state index is 0. The number of ether oxygens (including phenoxy) is 2. The zero-order chi connectivity index (χ0) is 20.4. The molecule has 162 valence electrons. The third kappa shape index (κ3) is 8.51. The van der Waals surface area contributed by atoms with Gasteiger partial charge in [0.1, 0.15) is 30.5 Å². The van der Waals surface area contributed by atoms with Gasteiger partial charge in [-0.3, -0.25) is 0 Å². The second-order valence-corrected chi connectivity index (χ2v) is 7.01. The Morgan fingerprint density at radius 3 is 2.55 bits per heavy atom. The average Bonchev–Trinajstić information content (AvgIpc) is 3.11. The monoisotopic (exact) mass is 515 g/mol. The highest BCUT2D eigenvalue weighted by atomic mass is 127. The number of aromatic nitrogens is 2. The molecular formula is C21H34IN5O2. The minimum Gasteiger partial charge on any atom is -0.497 e. The van der Waals surface area contributed by atoms with E-state index in [-0.39, 0.29) is 24.0 Å². The highest BCUT2D eigenvalue weighted by Crippen LogP contribution is 2.16. The van der Waals surface area contributed by atoms with Crippen molar-refractivity contribution in [2.75, 3.05) is 33.9 Å². The minimum absolute atomic E-state index is 0. The van der Waals surface area contributed by atoms with E-state index in [9.17, 15) is 0 Å². The molecule has 1 aromatic heterocycles. The Morgan fingerprint density at radius 2 is 1.93 bits per heavy atom. The Morgan fingerprint density at radius 1 is 1.24 bits per heavy atom. The number of hydrogen-bond donors (Lipinski definition) is 1. The number of aliphatic imine (C=N–C) groups is 1. The lowest BCUT2D eigenvalue weighted by Crippen LogP contribution is -2.41. The Kier molecular flexibility index (Phi) is 11.5. The number of nitrogens with zero attached hydrogens (tertiary/aromatic N) is 4. The Bertz CT molecular complexity index is 731. The van der Waals surface area contributed by atoms with Gasteiger partial charge in [-0.1, -0.05) is 13.8 Å². The molecule has 0 bridgehead atoms. The van der Waals surface area contributed by atoms with Crippen molar-refractivity contribution in [3.63, 3.8) is 0 Å². The third-order valence-corrected chi connectivity index (χ3v) is 4.19. The van der Waals surface area contributed by atoms with Gasteiger partial charge in [0.25, 0.3) is 0 Å². The molecule has 1 heterocycles. The second kappa shape index (κ2) is 13.3. The highest BCUT2D eigenvalue weighted by molar-refractivity contribution is 14.0. The summed E-state index contributed by atoms with van der Waals surface area (Å²) in [5.41, 5.74) is 0. The summed E-state index contributed by atoms with van der Waals surface area (Å²) < 4.78 is 13.2. The van der Waals surface area contributed by atoms with Gasteiger partial charge in [0.2, 0.25) is 0 Å². The van der Waals surface area contributed by atoms with Crippen LogP contribution >= 0.6 is 24.0 Å². The van der Waals surface area contributed by atoms with Crippen LogP contribution in [0.2, 0.25) is 0 Å². The number of guanidine groups is 1. The van der Waals surface area contributed by atoms with Gasteiger partial charge >= 0.3 is 0 Å². The van der Waals surface area contributed by atoms with Gasteiger partial charge in [-0.2, -0.15) is 0 Å². The topological polar surface area (TPSA) is 63.9 Å². The molecule has 0 unspecified atom stereocenters. The molecule has 0 fully saturated rings. The molecule has 1 aromatic carbocycles. The summed E-state index contributed by atoms with van der Waals surface area (Å²) in [5.74, 6) is 4.04. The molecule has 0 aliphatic carbocycles. The average molecular weight is 515 g/mol. The summed E-state index contributed by atoms with van der Waals surface area (Å²) in [7, 11) is 3.67. The number of likely N-dealkylation sites (N-methyl/N-ethyl adjacent to an activating group) is 1. The van der Waals surface area contributed by atoms with Gasteiger partial charge in [-0.25, -0.2) is 9.98 Å². The fraction of sp³-hybridized carbons (Fsp3) is 0.524. The summed E-state index contributed by atoms with van der Waals surface area (Å²) in [4.78, 5) is 11.3. The molecule has 2 rings (SSSR count). The first kappa shape index (κ1) is 25.1. The van der Waals surface area contributed by atoms with Crippen LogP contribution in [0.1, 0.15) is 26.6 Å². The first-order valence-electron chi connectivity index (χ1n) is 9.79. The number of benzene rings is 1. The SMILES string of the molecule is CCNC(=NCc1nccn1CC(C)C)N(C)CCOc1ccc(OC)cc1.I. The van der Waals surface area contributed by atoms with Gasteiger partial charge < -0.3 is 24.3 Å². The van der Waals surface area contributed by atoms with Crippen molar-refractivity contribution in [3.8, 4) is 11.5 Å². The molecule has 0 amide bonds. The summed E-state index contributed by atoms with van der Waals surface area (Å²) in [6.07, 6.45) is 3.86. The van der Waals surface area contributed by atoms with E-state index >= 15 is 0 Å². The first-order valence-corrected chi connectivity index (χ1v) is 9.79. The Hall–Kier alpha value is -1.97. The molecule has 0 aliphatic rings. The molecule has 7 nitrogen and oxygen atoms in total. The number of hydrogen-bond acceptors (Lipinski definition) is 4. The molecule has 0 radical (unpaired) electrons. The number of imidazole rings is 1. The van der Waals surface area contributed by atoms with E-state index < -0.39 is 0 Å². The maximum Gasteiger partial charge on any atom is 0.194 e. The van der Waals surface area contributed by atoms with Gasteiger partial charge in [-0.15, -0.1) is 24.0 Å². The van der Waals surface area contributed by atoms with Crippen LogP contribution in [0.25, 0.3) is 0 Å². The van der Waals surface area contributed by atoms with E-state index in [1.807, 2.05) is 43.7 Å². The molecule has 29 heavy (non-hydrogen) atoms. The predicted octanol–water partition coefficient (Wildman–Crippen LogP) is 3.64. The van der Waals surface area contributed by atoms with Gasteiger partial charge in [0.15, 0.2) is 5.96 Å². The molecule has 0 saturated carbocycles. The zero-order valence-corrected chi connectivity index (χ0v) is 20.4. The van der Waals surface area contributed by atoms with Crippen LogP contribution in [-0.4, -0.2) is 54.3 Å². The fourth-order valence-electron chi connectivity index (χ4n) is 2.74. The quantitative estimate of drug-likeness (QED) is 0.298. The van der Waals surface area contributed by atoms with Crippen molar-refractivity contribution < 1.29 is 9.47 Å². The Labute approximate surface area is 191 Å². The molecule has 1 N–H and O–H groups in total. The van der Waals surface area contributed by atoms with Crippen LogP contribution < -0.4 is 14.8 Å². The summed E-state index contributed by atoms with van der Waals surface area (Å²) >= 11 is 0. The number of nitrogens with one attached hydrogen (secondary N) is 1. The highest BCUT2D eigenvalue weighted by Gasteiger charge is 2.08. The van der Waals surface area contributed by atoms with Crippen molar-refractivity contribution in [2.24, 2.45) is 10.9 Å². The van der Waals surface area contributed by atoms with Crippen LogP contribution in [0.15, 0.2) is 41.7 Å². The molecular weight excluding hydrogens is 481 g/mol. The first-order chi connectivity index (χ1) is 13.5. The number of methoxy groups -OCH3 is 1. The van der Waals surface area contributed by atoms with E-state index in [1.165, 1.54) is 0 Å². The lowest BCUT2D eigenvalue weighted by atomic mass is 10.2. The molecule has 8 heteroatoms. The maximum absolute atomic E-state index is 5.82. The summed E-state index contributed by atoms with van der Waals surface area (Å²) in [5, 5.41) is 3.34. The molecule has 0 aliphatic heterocycles. The van der Waals surface area contributed by atoms with Crippen molar-refractivity contribution >= 4 is 29.9 Å². The van der Waals surface area contributed by atoms with Crippen molar-refractivity contribution in [1.29, 1.82) is 0 Å². The zero-order valence-electron chi connectivity index (χ0n) is 18.1. The number of rotatable bonds is 10. The van der Waals surface area contributed by atoms with E-state index in [2.05, 4.69) is 40.5 Å². The van der Waals surface area contributed by atoms with Crippen LogP contribution in [0, 0.1) is 5.92 Å². The van der Waals surface area contributed by atoms with Crippen molar-refractivity contribution in [2.45, 2.75) is 33.9 Å². The lowest BCUT2D eigenvalue weighted by Gasteiger charge is -2.22. The second-order valence-electron chi connectivity index (χ2n) is 7.01. The normalized spacial score (nSPS) is 11.2. The van der Waals surface area contributed by atoms with Crippen molar-refractivity contribution in [3.05, 3.63) is 42.5 Å². The smallest absolute Gasteiger partial charge is 0.194 e. The van der Waals surface area contributed by atoms with E-state index in [0.29, 0.717) is 19.1 Å². The molecule has 0 saturated heterocycles. The number of halogens is 1. The van der Waals surface area contributed by atoms with Crippen LogP contribution in [0.5, 0.6) is 11.5 Å². The fourth-order valence-corrected chi connectivity index (χ4v) is 2.74. The Balaban J connectivity index is 0.00000420. The van der Waals surface area contributed by atoms with E-state index in [1.54, 1.807) is 7.11 Å². The van der Waals surface area contributed by atoms with Gasteiger partial charge in [0, 0.05) is 32.5 Å².